The SMILES string of the molecule is O=C(O)C1C2C=CC(O2)C1C(=O)Nc1ccc(O)cc1. The molecule has 4 atom stereocenters. The number of ether oxygens (including phenoxy) is 1. The second kappa shape index (κ2) is 4.64. The Bertz CT molecular complexity index is 580. The first-order chi connectivity index (χ1) is 9.56. The van der Waals surface area contributed by atoms with Crippen molar-refractivity contribution >= 4 is 17.6 Å². The van der Waals surface area contributed by atoms with Gasteiger partial charge in [0.2, 0.25) is 5.91 Å². The normalized spacial score (nSPS) is 30.4. The van der Waals surface area contributed by atoms with Crippen LogP contribution in [0.15, 0.2) is 36.4 Å². The number of phenolic OH excluding ortho intramolecular Hbond substituents is 1. The van der Waals surface area contributed by atoms with Crippen LogP contribution in [0.5, 0.6) is 5.75 Å². The second-order valence-corrected chi connectivity index (χ2v) is 4.88. The molecule has 2 aliphatic rings. The van der Waals surface area contributed by atoms with Crippen molar-refractivity contribution in [3.8, 4) is 5.75 Å². The Morgan fingerprint density at radius 2 is 1.65 bits per heavy atom. The van der Waals surface area contributed by atoms with Crippen LogP contribution in [0.4, 0.5) is 5.69 Å². The molecular weight excluding hydrogens is 262 g/mol. The summed E-state index contributed by atoms with van der Waals surface area (Å²) in [5.74, 6) is -2.93. The molecule has 2 heterocycles. The number of carbonyl (C=O) groups is 2. The van der Waals surface area contributed by atoms with Crippen molar-refractivity contribution in [1.29, 1.82) is 0 Å². The fourth-order valence-electron chi connectivity index (χ4n) is 2.69. The topological polar surface area (TPSA) is 95.9 Å². The maximum atomic E-state index is 12.3. The third-order valence-corrected chi connectivity index (χ3v) is 3.62. The molecule has 20 heavy (non-hydrogen) atoms. The average Bonchev–Trinajstić information content (AvgIpc) is 3.01. The standard InChI is InChI=1S/C14H13NO5/c16-8-3-1-7(2-4-8)15-13(17)11-9-5-6-10(20-9)12(11)14(18)19/h1-6,9-12,16H,(H,15,17)(H,18,19). The smallest absolute Gasteiger partial charge is 0.310 e. The molecule has 6 heteroatoms. The number of carbonyl (C=O) groups excluding carboxylic acids is 1. The van der Waals surface area contributed by atoms with E-state index in [1.807, 2.05) is 0 Å². The summed E-state index contributed by atoms with van der Waals surface area (Å²) in [5, 5.41) is 21.1. The molecule has 0 aliphatic carbocycles. The van der Waals surface area contributed by atoms with Crippen LogP contribution in [-0.2, 0) is 14.3 Å². The number of hydrogen-bond donors (Lipinski definition) is 3. The van der Waals surface area contributed by atoms with Crippen LogP contribution >= 0.6 is 0 Å². The van der Waals surface area contributed by atoms with Crippen LogP contribution in [0.1, 0.15) is 0 Å². The molecule has 1 aromatic rings. The van der Waals surface area contributed by atoms with Crippen LogP contribution in [0.2, 0.25) is 0 Å². The summed E-state index contributed by atoms with van der Waals surface area (Å²) in [6.45, 7) is 0. The molecule has 3 N–H and O–H groups in total. The van der Waals surface area contributed by atoms with Crippen LogP contribution in [0.25, 0.3) is 0 Å². The molecule has 3 rings (SSSR count). The Morgan fingerprint density at radius 1 is 1.05 bits per heavy atom. The van der Waals surface area contributed by atoms with Gasteiger partial charge in [-0.25, -0.2) is 0 Å². The van der Waals surface area contributed by atoms with Gasteiger partial charge in [0, 0.05) is 5.69 Å². The van der Waals surface area contributed by atoms with Gasteiger partial charge in [-0.05, 0) is 24.3 Å². The number of aromatic hydroxyl groups is 1. The minimum atomic E-state index is -1.03. The third kappa shape index (κ3) is 2.04. The monoisotopic (exact) mass is 275 g/mol. The molecule has 4 unspecified atom stereocenters. The summed E-state index contributed by atoms with van der Waals surface area (Å²) in [6.07, 6.45) is 2.39. The third-order valence-electron chi connectivity index (χ3n) is 3.62. The zero-order chi connectivity index (χ0) is 14.3. The minimum Gasteiger partial charge on any atom is -0.508 e. The van der Waals surface area contributed by atoms with Gasteiger partial charge in [0.25, 0.3) is 0 Å². The van der Waals surface area contributed by atoms with E-state index in [0.29, 0.717) is 5.69 Å². The van der Waals surface area contributed by atoms with Crippen LogP contribution < -0.4 is 5.32 Å². The largest absolute Gasteiger partial charge is 0.508 e. The van der Waals surface area contributed by atoms with Crippen molar-refractivity contribution in [1.82, 2.24) is 0 Å². The first-order valence-electron chi connectivity index (χ1n) is 6.23. The highest BCUT2D eigenvalue weighted by Crippen LogP contribution is 2.39. The van der Waals surface area contributed by atoms with E-state index in [4.69, 9.17) is 4.74 Å². The van der Waals surface area contributed by atoms with Crippen LogP contribution in [0, 0.1) is 11.8 Å². The van der Waals surface area contributed by atoms with Gasteiger partial charge in [-0.3, -0.25) is 9.59 Å². The summed E-state index contributed by atoms with van der Waals surface area (Å²) in [5.41, 5.74) is 0.503. The molecule has 0 saturated carbocycles. The van der Waals surface area contributed by atoms with E-state index in [-0.39, 0.29) is 11.7 Å². The van der Waals surface area contributed by atoms with Gasteiger partial charge in [0.1, 0.15) is 11.7 Å². The van der Waals surface area contributed by atoms with Gasteiger partial charge in [-0.2, -0.15) is 0 Å². The van der Waals surface area contributed by atoms with Crippen molar-refractivity contribution in [3.05, 3.63) is 36.4 Å². The lowest BCUT2D eigenvalue weighted by atomic mass is 9.82. The fourth-order valence-corrected chi connectivity index (χ4v) is 2.69. The van der Waals surface area contributed by atoms with E-state index in [2.05, 4.69) is 5.32 Å². The van der Waals surface area contributed by atoms with Crippen LogP contribution in [0.3, 0.4) is 0 Å². The number of amides is 1. The molecule has 0 radical (unpaired) electrons. The molecular formula is C14H13NO5. The summed E-state index contributed by atoms with van der Waals surface area (Å²) < 4.78 is 5.44. The number of nitrogens with one attached hydrogen (secondary N) is 1. The van der Waals surface area contributed by atoms with Crippen LogP contribution in [-0.4, -0.2) is 34.3 Å². The summed E-state index contributed by atoms with van der Waals surface area (Å²) in [7, 11) is 0. The number of benzene rings is 1. The number of carboxylic acid groups (broad SMARTS) is 1. The highest BCUT2D eigenvalue weighted by molar-refractivity contribution is 5.96. The van der Waals surface area contributed by atoms with E-state index in [1.54, 1.807) is 24.3 Å². The van der Waals surface area contributed by atoms with Crippen molar-refractivity contribution in [2.75, 3.05) is 5.32 Å². The number of phenols is 1. The van der Waals surface area contributed by atoms with Crippen molar-refractivity contribution < 1.29 is 24.5 Å². The number of carboxylic acids is 1. The number of anilines is 1. The Hall–Kier alpha value is -2.34. The molecule has 1 fully saturated rings. The van der Waals surface area contributed by atoms with Crippen molar-refractivity contribution in [2.24, 2.45) is 11.8 Å². The lowest BCUT2D eigenvalue weighted by Gasteiger charge is -2.20. The zero-order valence-electron chi connectivity index (χ0n) is 10.4. The number of hydrogen-bond acceptors (Lipinski definition) is 4. The quantitative estimate of drug-likeness (QED) is 0.564. The van der Waals surface area contributed by atoms with E-state index in [9.17, 15) is 19.8 Å². The predicted molar refractivity (Wildman–Crippen MR) is 69.2 cm³/mol. The Balaban J connectivity index is 1.78. The van der Waals surface area contributed by atoms with E-state index in [0.717, 1.165) is 0 Å². The molecule has 2 aliphatic heterocycles. The second-order valence-electron chi connectivity index (χ2n) is 4.88. The Labute approximate surface area is 114 Å². The average molecular weight is 275 g/mol. The Kier molecular flexibility index (Phi) is 2.94. The molecule has 2 bridgehead atoms. The molecule has 1 saturated heterocycles. The fraction of sp³-hybridized carbons (Fsp3) is 0.286. The number of rotatable bonds is 3. The van der Waals surface area contributed by atoms with E-state index < -0.39 is 30.0 Å². The molecule has 1 amide bonds. The maximum absolute atomic E-state index is 12.3. The van der Waals surface area contributed by atoms with Gasteiger partial charge in [0.15, 0.2) is 0 Å². The van der Waals surface area contributed by atoms with E-state index in [1.165, 1.54) is 12.1 Å². The minimum absolute atomic E-state index is 0.0950. The molecule has 104 valence electrons. The van der Waals surface area contributed by atoms with Gasteiger partial charge in [-0.1, -0.05) is 12.2 Å². The molecule has 0 spiro atoms. The first-order valence-corrected chi connectivity index (χ1v) is 6.23. The summed E-state index contributed by atoms with van der Waals surface area (Å²) >= 11 is 0. The Morgan fingerprint density at radius 3 is 2.25 bits per heavy atom. The maximum Gasteiger partial charge on any atom is 0.310 e. The summed E-state index contributed by atoms with van der Waals surface area (Å²) in [6, 6.07) is 5.99. The van der Waals surface area contributed by atoms with Crippen molar-refractivity contribution in [2.45, 2.75) is 12.2 Å². The highest BCUT2D eigenvalue weighted by Gasteiger charge is 2.53. The lowest BCUT2D eigenvalue weighted by Crippen LogP contribution is -2.39. The summed E-state index contributed by atoms with van der Waals surface area (Å²) in [4.78, 5) is 23.5. The molecule has 1 aromatic carbocycles. The van der Waals surface area contributed by atoms with Gasteiger partial charge in [-0.15, -0.1) is 0 Å². The van der Waals surface area contributed by atoms with Gasteiger partial charge in [0.05, 0.1) is 18.1 Å². The number of fused-ring (bicyclic) bond motifs is 2. The zero-order valence-corrected chi connectivity index (χ0v) is 10.4. The van der Waals surface area contributed by atoms with E-state index >= 15 is 0 Å². The first kappa shape index (κ1) is 12.7. The van der Waals surface area contributed by atoms with Gasteiger partial charge >= 0.3 is 5.97 Å². The van der Waals surface area contributed by atoms with Crippen molar-refractivity contribution in [3.63, 3.8) is 0 Å². The lowest BCUT2D eigenvalue weighted by molar-refractivity contribution is -0.145. The highest BCUT2D eigenvalue weighted by atomic mass is 16.5. The van der Waals surface area contributed by atoms with Gasteiger partial charge < -0.3 is 20.3 Å². The predicted octanol–water partition coefficient (Wildman–Crippen LogP) is 0.985. The molecule has 0 aromatic heterocycles. The molecule has 6 nitrogen and oxygen atoms in total. The number of aliphatic carboxylic acids is 1.